The van der Waals surface area contributed by atoms with Crippen molar-refractivity contribution in [2.75, 3.05) is 47.4 Å². The molecule has 1 amide bonds. The molecule has 2 N–H and O–H groups in total. The number of carbonyl (C=O) groups excluding carboxylic acids is 1. The summed E-state index contributed by atoms with van der Waals surface area (Å²) >= 11 is 0. The molecule has 1 aromatic carbocycles. The summed E-state index contributed by atoms with van der Waals surface area (Å²) in [6.45, 7) is 5.44. The number of hydrogen-bond donors (Lipinski definition) is 2. The smallest absolute Gasteiger partial charge is 0.220 e. The Labute approximate surface area is 191 Å². The second kappa shape index (κ2) is 13.5. The topological polar surface area (TPSA) is 75.2 Å². The third-order valence-corrected chi connectivity index (χ3v) is 5.13. The molecular weight excluding hydrogens is 483 g/mol. The molecule has 1 aromatic rings. The largest absolute Gasteiger partial charge is 0.497 e. The van der Waals surface area contributed by atoms with E-state index in [0.29, 0.717) is 18.9 Å². The van der Waals surface area contributed by atoms with Crippen LogP contribution < -0.4 is 20.1 Å². The number of methoxy groups -OCH3 is 2. The SMILES string of the molecule is CCNC(=NCCc1cc(OC)ccc1OC)N1CCC(CC(=O)NC)CC1.I. The van der Waals surface area contributed by atoms with E-state index in [4.69, 9.17) is 14.5 Å². The Morgan fingerprint density at radius 2 is 1.97 bits per heavy atom. The van der Waals surface area contributed by atoms with Crippen molar-refractivity contribution in [3.8, 4) is 11.5 Å². The molecule has 1 fully saturated rings. The monoisotopic (exact) mass is 518 g/mol. The summed E-state index contributed by atoms with van der Waals surface area (Å²) < 4.78 is 10.8. The Hall–Kier alpha value is -1.71. The maximum absolute atomic E-state index is 11.6. The van der Waals surface area contributed by atoms with E-state index in [9.17, 15) is 4.79 Å². The van der Waals surface area contributed by atoms with E-state index in [1.165, 1.54) is 0 Å². The van der Waals surface area contributed by atoms with Crippen LogP contribution in [-0.4, -0.2) is 64.2 Å². The highest BCUT2D eigenvalue weighted by atomic mass is 127. The molecule has 0 radical (unpaired) electrons. The quantitative estimate of drug-likeness (QED) is 0.315. The van der Waals surface area contributed by atoms with Crippen LogP contribution in [0, 0.1) is 5.92 Å². The van der Waals surface area contributed by atoms with Crippen molar-refractivity contribution in [1.29, 1.82) is 0 Å². The van der Waals surface area contributed by atoms with E-state index < -0.39 is 0 Å². The van der Waals surface area contributed by atoms with E-state index in [2.05, 4.69) is 22.5 Å². The van der Waals surface area contributed by atoms with Crippen LogP contribution in [0.2, 0.25) is 0 Å². The molecule has 1 saturated heterocycles. The predicted octanol–water partition coefficient (Wildman–Crippen LogP) is 2.68. The van der Waals surface area contributed by atoms with Gasteiger partial charge in [-0.2, -0.15) is 0 Å². The number of nitrogens with one attached hydrogen (secondary N) is 2. The number of carbonyl (C=O) groups is 1. The Balaban J connectivity index is 0.00000420. The number of nitrogens with zero attached hydrogens (tertiary/aromatic N) is 2. The first-order chi connectivity index (χ1) is 13.6. The number of hydrogen-bond acceptors (Lipinski definition) is 4. The van der Waals surface area contributed by atoms with Gasteiger partial charge in [0.2, 0.25) is 5.91 Å². The Morgan fingerprint density at radius 1 is 1.24 bits per heavy atom. The molecule has 1 heterocycles. The van der Waals surface area contributed by atoms with E-state index in [1.54, 1.807) is 21.3 Å². The second-order valence-corrected chi connectivity index (χ2v) is 6.97. The van der Waals surface area contributed by atoms with Gasteiger partial charge in [-0.15, -0.1) is 24.0 Å². The minimum atomic E-state index is 0. The van der Waals surface area contributed by atoms with Gasteiger partial charge in [0.1, 0.15) is 11.5 Å². The van der Waals surface area contributed by atoms with Gasteiger partial charge in [0.05, 0.1) is 14.2 Å². The van der Waals surface area contributed by atoms with Crippen molar-refractivity contribution in [3.63, 3.8) is 0 Å². The van der Waals surface area contributed by atoms with Crippen molar-refractivity contribution in [3.05, 3.63) is 23.8 Å². The average molecular weight is 518 g/mol. The highest BCUT2D eigenvalue weighted by Crippen LogP contribution is 2.24. The first-order valence-corrected chi connectivity index (χ1v) is 10.1. The molecule has 1 aliphatic heterocycles. The van der Waals surface area contributed by atoms with Crippen molar-refractivity contribution in [1.82, 2.24) is 15.5 Å². The third kappa shape index (κ3) is 7.91. The first-order valence-electron chi connectivity index (χ1n) is 10.1. The van der Waals surface area contributed by atoms with E-state index in [-0.39, 0.29) is 29.9 Å². The summed E-state index contributed by atoms with van der Waals surface area (Å²) in [5.74, 6) is 3.22. The first kappa shape index (κ1) is 25.3. The molecule has 1 aliphatic rings. The van der Waals surface area contributed by atoms with Gasteiger partial charge < -0.3 is 25.0 Å². The third-order valence-electron chi connectivity index (χ3n) is 5.13. The number of halogens is 1. The highest BCUT2D eigenvalue weighted by molar-refractivity contribution is 14.0. The minimum absolute atomic E-state index is 0. The van der Waals surface area contributed by atoms with Crippen molar-refractivity contribution in [2.24, 2.45) is 10.9 Å². The fourth-order valence-corrected chi connectivity index (χ4v) is 3.50. The fourth-order valence-electron chi connectivity index (χ4n) is 3.50. The van der Waals surface area contributed by atoms with Gasteiger partial charge in [0, 0.05) is 39.6 Å². The normalized spacial score (nSPS) is 14.8. The molecule has 7 nitrogen and oxygen atoms in total. The van der Waals surface area contributed by atoms with Crippen LogP contribution >= 0.6 is 24.0 Å². The number of guanidine groups is 1. The Bertz CT molecular complexity index is 661. The van der Waals surface area contributed by atoms with Crippen LogP contribution in [0.3, 0.4) is 0 Å². The van der Waals surface area contributed by atoms with Crippen molar-refractivity contribution < 1.29 is 14.3 Å². The Kier molecular flexibility index (Phi) is 11.8. The molecule has 164 valence electrons. The zero-order valence-corrected chi connectivity index (χ0v) is 20.3. The summed E-state index contributed by atoms with van der Waals surface area (Å²) in [5.41, 5.74) is 1.09. The van der Waals surface area contributed by atoms with Crippen LogP contribution in [0.5, 0.6) is 11.5 Å². The Morgan fingerprint density at radius 3 is 2.55 bits per heavy atom. The van der Waals surface area contributed by atoms with Crippen molar-refractivity contribution in [2.45, 2.75) is 32.6 Å². The molecule has 0 bridgehead atoms. The van der Waals surface area contributed by atoms with Crippen LogP contribution in [-0.2, 0) is 11.2 Å². The van der Waals surface area contributed by atoms with Gasteiger partial charge in [-0.3, -0.25) is 9.79 Å². The maximum atomic E-state index is 11.6. The highest BCUT2D eigenvalue weighted by Gasteiger charge is 2.23. The van der Waals surface area contributed by atoms with Crippen LogP contribution in [0.15, 0.2) is 23.2 Å². The summed E-state index contributed by atoms with van der Waals surface area (Å²) in [7, 11) is 5.05. The molecule has 29 heavy (non-hydrogen) atoms. The minimum Gasteiger partial charge on any atom is -0.497 e. The zero-order chi connectivity index (χ0) is 20.4. The molecule has 0 atom stereocenters. The molecule has 2 rings (SSSR count). The van der Waals surface area contributed by atoms with E-state index in [1.807, 2.05) is 18.2 Å². The lowest BCUT2D eigenvalue weighted by Gasteiger charge is -2.34. The molecule has 0 aromatic heterocycles. The molecule has 0 spiro atoms. The van der Waals surface area contributed by atoms with Gasteiger partial charge in [0.25, 0.3) is 0 Å². The summed E-state index contributed by atoms with van der Waals surface area (Å²) in [6, 6.07) is 5.84. The van der Waals surface area contributed by atoms with Gasteiger partial charge >= 0.3 is 0 Å². The lowest BCUT2D eigenvalue weighted by molar-refractivity contribution is -0.121. The lowest BCUT2D eigenvalue weighted by Crippen LogP contribution is -2.46. The summed E-state index contributed by atoms with van der Waals surface area (Å²) in [6.07, 6.45) is 3.43. The fraction of sp³-hybridized carbons (Fsp3) is 0.619. The summed E-state index contributed by atoms with van der Waals surface area (Å²) in [5, 5.41) is 6.12. The number of amides is 1. The predicted molar refractivity (Wildman–Crippen MR) is 128 cm³/mol. The van der Waals surface area contributed by atoms with Gasteiger partial charge in [-0.1, -0.05) is 0 Å². The molecule has 0 unspecified atom stereocenters. The van der Waals surface area contributed by atoms with Crippen LogP contribution in [0.1, 0.15) is 31.7 Å². The number of piperidine rings is 1. The van der Waals surface area contributed by atoms with Crippen LogP contribution in [0.4, 0.5) is 0 Å². The number of rotatable bonds is 8. The number of aliphatic imine (C=N–C) groups is 1. The van der Waals surface area contributed by atoms with E-state index in [0.717, 1.165) is 61.9 Å². The number of likely N-dealkylation sites (tertiary alicyclic amines) is 1. The van der Waals surface area contributed by atoms with Crippen LogP contribution in [0.25, 0.3) is 0 Å². The molecular formula is C21H35IN4O3. The van der Waals surface area contributed by atoms with Crippen molar-refractivity contribution >= 4 is 35.8 Å². The van der Waals surface area contributed by atoms with Gasteiger partial charge in [0.15, 0.2) is 5.96 Å². The van der Waals surface area contributed by atoms with Gasteiger partial charge in [-0.05, 0) is 55.9 Å². The van der Waals surface area contributed by atoms with Gasteiger partial charge in [-0.25, -0.2) is 0 Å². The maximum Gasteiger partial charge on any atom is 0.220 e. The standard InChI is InChI=1S/C21H34N4O3.HI/c1-5-23-21(25-12-9-16(10-13-25)14-20(26)22-2)24-11-8-17-15-18(27-3)6-7-19(17)28-4;/h6-7,15-16H,5,8-14H2,1-4H3,(H,22,26)(H,23,24);1H. The average Bonchev–Trinajstić information content (AvgIpc) is 2.73. The number of ether oxygens (including phenoxy) is 2. The number of benzene rings is 1. The van der Waals surface area contributed by atoms with E-state index >= 15 is 0 Å². The molecule has 0 saturated carbocycles. The lowest BCUT2D eigenvalue weighted by atomic mass is 9.93. The molecule has 0 aliphatic carbocycles. The molecule has 8 heteroatoms. The second-order valence-electron chi connectivity index (χ2n) is 6.97. The summed E-state index contributed by atoms with van der Waals surface area (Å²) in [4.78, 5) is 18.7. The zero-order valence-electron chi connectivity index (χ0n) is 18.0.